The van der Waals surface area contributed by atoms with Crippen molar-refractivity contribution in [2.75, 3.05) is 0 Å². The van der Waals surface area contributed by atoms with E-state index in [4.69, 9.17) is 5.11 Å². The van der Waals surface area contributed by atoms with Crippen molar-refractivity contribution in [2.45, 2.75) is 26.7 Å². The zero-order valence-corrected chi connectivity index (χ0v) is 8.76. The maximum atomic E-state index is 12.0. The predicted octanol–water partition coefficient (Wildman–Crippen LogP) is 1.87. The van der Waals surface area contributed by atoms with Crippen molar-refractivity contribution >= 4 is 11.8 Å². The number of carboxylic acids is 1. The summed E-state index contributed by atoms with van der Waals surface area (Å²) in [6.45, 7) is 3.72. The van der Waals surface area contributed by atoms with Crippen LogP contribution in [0.1, 0.15) is 46.7 Å². The summed E-state index contributed by atoms with van der Waals surface area (Å²) in [6.07, 6.45) is 2.91. The SMILES string of the molecule is CC1(C)CCc2[nH]cc(C(=O)O)c2C1=O. The van der Waals surface area contributed by atoms with Crippen LogP contribution in [0.4, 0.5) is 0 Å². The summed E-state index contributed by atoms with van der Waals surface area (Å²) < 4.78 is 0. The first kappa shape index (κ1) is 9.96. The Balaban J connectivity index is 2.58. The molecule has 0 atom stereocenters. The van der Waals surface area contributed by atoms with E-state index in [2.05, 4.69) is 4.98 Å². The molecule has 1 heterocycles. The number of nitrogens with one attached hydrogen (secondary N) is 1. The lowest BCUT2D eigenvalue weighted by Gasteiger charge is -2.27. The lowest BCUT2D eigenvalue weighted by atomic mass is 9.74. The largest absolute Gasteiger partial charge is 0.478 e. The third-order valence-electron chi connectivity index (χ3n) is 3.03. The molecule has 2 N–H and O–H groups in total. The van der Waals surface area contributed by atoms with Crippen LogP contribution >= 0.6 is 0 Å². The van der Waals surface area contributed by atoms with E-state index in [1.165, 1.54) is 6.20 Å². The second-order valence-corrected chi connectivity index (χ2v) is 4.57. The zero-order chi connectivity index (χ0) is 11.2. The molecule has 0 aliphatic heterocycles. The molecule has 0 saturated heterocycles. The first-order chi connectivity index (χ1) is 6.93. The molecule has 15 heavy (non-hydrogen) atoms. The summed E-state index contributed by atoms with van der Waals surface area (Å²) in [5.41, 5.74) is 0.789. The van der Waals surface area contributed by atoms with Crippen LogP contribution in [-0.4, -0.2) is 21.8 Å². The van der Waals surface area contributed by atoms with Gasteiger partial charge in [0.1, 0.15) is 0 Å². The minimum absolute atomic E-state index is 0.0672. The van der Waals surface area contributed by atoms with Gasteiger partial charge in [-0.25, -0.2) is 4.79 Å². The number of rotatable bonds is 1. The van der Waals surface area contributed by atoms with Crippen molar-refractivity contribution < 1.29 is 14.7 Å². The van der Waals surface area contributed by atoms with Gasteiger partial charge < -0.3 is 10.1 Å². The average Bonchev–Trinajstić information content (AvgIpc) is 2.55. The van der Waals surface area contributed by atoms with Crippen molar-refractivity contribution in [1.82, 2.24) is 4.98 Å². The zero-order valence-electron chi connectivity index (χ0n) is 8.76. The van der Waals surface area contributed by atoms with Gasteiger partial charge in [0.15, 0.2) is 5.78 Å². The van der Waals surface area contributed by atoms with E-state index in [0.717, 1.165) is 18.5 Å². The van der Waals surface area contributed by atoms with Crippen molar-refractivity contribution in [3.63, 3.8) is 0 Å². The molecule has 0 saturated carbocycles. The van der Waals surface area contributed by atoms with Gasteiger partial charge in [0.2, 0.25) is 0 Å². The highest BCUT2D eigenvalue weighted by Gasteiger charge is 2.37. The van der Waals surface area contributed by atoms with Crippen molar-refractivity contribution in [3.05, 3.63) is 23.0 Å². The second kappa shape index (κ2) is 2.95. The van der Waals surface area contributed by atoms with Crippen LogP contribution in [0.15, 0.2) is 6.20 Å². The Bertz CT molecular complexity index is 443. The summed E-state index contributed by atoms with van der Waals surface area (Å²) >= 11 is 0. The second-order valence-electron chi connectivity index (χ2n) is 4.57. The van der Waals surface area contributed by atoms with Crippen LogP contribution in [0.3, 0.4) is 0 Å². The third-order valence-corrected chi connectivity index (χ3v) is 3.03. The number of aryl methyl sites for hydroxylation is 1. The molecule has 0 radical (unpaired) electrons. The van der Waals surface area contributed by atoms with Crippen molar-refractivity contribution in [1.29, 1.82) is 0 Å². The van der Waals surface area contributed by atoms with Crippen LogP contribution in [0, 0.1) is 5.41 Å². The molecule has 0 unspecified atom stereocenters. The summed E-state index contributed by atoms with van der Waals surface area (Å²) in [7, 11) is 0. The first-order valence-corrected chi connectivity index (χ1v) is 4.92. The smallest absolute Gasteiger partial charge is 0.337 e. The van der Waals surface area contributed by atoms with Gasteiger partial charge in [-0.05, 0) is 12.8 Å². The Morgan fingerprint density at radius 1 is 1.53 bits per heavy atom. The van der Waals surface area contributed by atoms with Crippen LogP contribution < -0.4 is 0 Å². The van der Waals surface area contributed by atoms with Gasteiger partial charge in [0.05, 0.1) is 11.1 Å². The van der Waals surface area contributed by atoms with E-state index in [0.29, 0.717) is 5.56 Å². The molecular formula is C11H13NO3. The Kier molecular flexibility index (Phi) is 1.96. The van der Waals surface area contributed by atoms with Gasteiger partial charge in [-0.1, -0.05) is 13.8 Å². The highest BCUT2D eigenvalue weighted by Crippen LogP contribution is 2.35. The van der Waals surface area contributed by atoms with E-state index in [-0.39, 0.29) is 11.3 Å². The van der Waals surface area contributed by atoms with Crippen LogP contribution in [-0.2, 0) is 6.42 Å². The summed E-state index contributed by atoms with van der Waals surface area (Å²) in [5, 5.41) is 8.95. The van der Waals surface area contributed by atoms with Gasteiger partial charge in [-0.3, -0.25) is 4.79 Å². The normalized spacial score (nSPS) is 18.7. The predicted molar refractivity (Wildman–Crippen MR) is 54.2 cm³/mol. The number of carbonyl (C=O) groups excluding carboxylic acids is 1. The van der Waals surface area contributed by atoms with Gasteiger partial charge in [0, 0.05) is 17.3 Å². The first-order valence-electron chi connectivity index (χ1n) is 4.92. The summed E-state index contributed by atoms with van der Waals surface area (Å²) in [6, 6.07) is 0. The fourth-order valence-electron chi connectivity index (χ4n) is 1.98. The van der Waals surface area contributed by atoms with Gasteiger partial charge >= 0.3 is 5.97 Å². The van der Waals surface area contributed by atoms with Gasteiger partial charge in [0.25, 0.3) is 0 Å². The van der Waals surface area contributed by atoms with E-state index < -0.39 is 11.4 Å². The maximum Gasteiger partial charge on any atom is 0.337 e. The molecule has 4 nitrogen and oxygen atoms in total. The minimum Gasteiger partial charge on any atom is -0.478 e. The molecule has 0 bridgehead atoms. The van der Waals surface area contributed by atoms with Crippen molar-refractivity contribution in [2.24, 2.45) is 5.41 Å². The Morgan fingerprint density at radius 2 is 2.20 bits per heavy atom. The highest BCUT2D eigenvalue weighted by molar-refractivity contribution is 6.09. The van der Waals surface area contributed by atoms with Crippen LogP contribution in [0.5, 0.6) is 0 Å². The standard InChI is InChI=1S/C11H13NO3/c1-11(2)4-3-7-8(9(11)13)6(5-12-7)10(14)15/h5,12H,3-4H2,1-2H3,(H,14,15). The number of Topliss-reactive ketones (excluding diaryl/α,β-unsaturated/α-hetero) is 1. The number of carbonyl (C=O) groups is 2. The topological polar surface area (TPSA) is 70.2 Å². The third kappa shape index (κ3) is 1.37. The number of aromatic carboxylic acids is 1. The minimum atomic E-state index is -1.04. The van der Waals surface area contributed by atoms with E-state index in [1.54, 1.807) is 0 Å². The number of hydrogen-bond acceptors (Lipinski definition) is 2. The maximum absolute atomic E-state index is 12.0. The van der Waals surface area contributed by atoms with Crippen LogP contribution in [0.25, 0.3) is 0 Å². The molecule has 0 aromatic carbocycles. The average molecular weight is 207 g/mol. The molecule has 1 aliphatic carbocycles. The molecule has 0 spiro atoms. The fourth-order valence-corrected chi connectivity index (χ4v) is 1.98. The van der Waals surface area contributed by atoms with E-state index in [1.807, 2.05) is 13.8 Å². The number of hydrogen-bond donors (Lipinski definition) is 2. The molecule has 4 heteroatoms. The number of aromatic nitrogens is 1. The quantitative estimate of drug-likeness (QED) is 0.738. The van der Waals surface area contributed by atoms with Crippen LogP contribution in [0.2, 0.25) is 0 Å². The molecule has 1 aliphatic rings. The van der Waals surface area contributed by atoms with E-state index >= 15 is 0 Å². The Labute approximate surface area is 87.3 Å². The number of fused-ring (bicyclic) bond motifs is 1. The molecule has 1 aromatic rings. The Morgan fingerprint density at radius 3 is 2.80 bits per heavy atom. The monoisotopic (exact) mass is 207 g/mol. The molecular weight excluding hydrogens is 194 g/mol. The molecule has 0 amide bonds. The number of carboxylic acid groups (broad SMARTS) is 1. The number of H-pyrrole nitrogens is 1. The molecule has 80 valence electrons. The summed E-state index contributed by atoms with van der Waals surface area (Å²) in [5.74, 6) is -1.11. The van der Waals surface area contributed by atoms with Gasteiger partial charge in [-0.15, -0.1) is 0 Å². The summed E-state index contributed by atoms with van der Waals surface area (Å²) in [4.78, 5) is 25.8. The van der Waals surface area contributed by atoms with E-state index in [9.17, 15) is 9.59 Å². The lowest BCUT2D eigenvalue weighted by molar-refractivity contribution is 0.0684. The number of aromatic amines is 1. The fraction of sp³-hybridized carbons (Fsp3) is 0.455. The van der Waals surface area contributed by atoms with Gasteiger partial charge in [-0.2, -0.15) is 0 Å². The molecule has 2 rings (SSSR count). The van der Waals surface area contributed by atoms with Crippen molar-refractivity contribution in [3.8, 4) is 0 Å². The molecule has 1 aromatic heterocycles. The lowest BCUT2D eigenvalue weighted by Crippen LogP contribution is -2.31. The molecule has 0 fully saturated rings. The number of ketones is 1. The Hall–Kier alpha value is -1.58. The highest BCUT2D eigenvalue weighted by atomic mass is 16.4.